The number of nitrogens with zero attached hydrogens (tertiary/aromatic N) is 1. The lowest BCUT2D eigenvalue weighted by atomic mass is 10.2. The zero-order chi connectivity index (χ0) is 16.5. The number of aromatic nitrogens is 1. The summed E-state index contributed by atoms with van der Waals surface area (Å²) in [5.74, 6) is -0.943. The van der Waals surface area contributed by atoms with Gasteiger partial charge in [0, 0.05) is 12.2 Å². The number of amides is 1. The van der Waals surface area contributed by atoms with E-state index in [9.17, 15) is 31.2 Å². The van der Waals surface area contributed by atoms with E-state index < -0.39 is 45.6 Å². The van der Waals surface area contributed by atoms with Crippen LogP contribution in [0.25, 0.3) is 0 Å². The third kappa shape index (κ3) is 3.87. The minimum Gasteiger partial charge on any atom is -0.351 e. The maximum Gasteiger partial charge on any atom is 0.421 e. The maximum atomic E-state index is 12.6. The molecule has 0 aromatic carbocycles. The quantitative estimate of drug-likeness (QED) is 0.851. The summed E-state index contributed by atoms with van der Waals surface area (Å²) in [6, 6.07) is 1.09. The molecule has 2 rings (SSSR count). The van der Waals surface area contributed by atoms with Crippen molar-refractivity contribution in [3.8, 4) is 0 Å². The molecule has 1 aromatic heterocycles. The Balaban J connectivity index is 2.08. The van der Waals surface area contributed by atoms with Crippen LogP contribution in [0.4, 0.5) is 13.2 Å². The van der Waals surface area contributed by atoms with Crippen LogP contribution < -0.4 is 10.9 Å². The van der Waals surface area contributed by atoms with Crippen molar-refractivity contribution in [1.29, 1.82) is 0 Å². The van der Waals surface area contributed by atoms with E-state index in [1.807, 2.05) is 0 Å². The second kappa shape index (κ2) is 5.75. The number of pyridine rings is 1. The van der Waals surface area contributed by atoms with Gasteiger partial charge in [0.05, 0.1) is 11.5 Å². The van der Waals surface area contributed by atoms with Gasteiger partial charge in [-0.15, -0.1) is 0 Å². The highest BCUT2D eigenvalue weighted by Crippen LogP contribution is 2.25. The van der Waals surface area contributed by atoms with E-state index in [1.165, 1.54) is 0 Å². The van der Waals surface area contributed by atoms with Crippen LogP contribution in [0.3, 0.4) is 0 Å². The lowest BCUT2D eigenvalue weighted by Crippen LogP contribution is -2.40. The van der Waals surface area contributed by atoms with Crippen molar-refractivity contribution in [2.75, 3.05) is 11.5 Å². The largest absolute Gasteiger partial charge is 0.421 e. The number of sulfone groups is 1. The van der Waals surface area contributed by atoms with Gasteiger partial charge in [0.15, 0.2) is 9.84 Å². The highest BCUT2D eigenvalue weighted by Gasteiger charge is 2.34. The Morgan fingerprint density at radius 2 is 2.09 bits per heavy atom. The van der Waals surface area contributed by atoms with Crippen molar-refractivity contribution in [2.45, 2.75) is 25.2 Å². The standard InChI is InChI=1S/C12H13F3N2O4S/c13-12(14,15)9-2-1-4-17(11(9)19)6-10(18)16-8-3-5-22(20,21)7-8/h1-2,4,8H,3,5-7H2,(H,16,18)/t8-/m1/s1. The molecule has 0 spiro atoms. The highest BCUT2D eigenvalue weighted by molar-refractivity contribution is 7.91. The fraction of sp³-hybridized carbons (Fsp3) is 0.500. The number of hydrogen-bond donors (Lipinski definition) is 1. The first kappa shape index (κ1) is 16.5. The average Bonchev–Trinajstić information content (AvgIpc) is 2.69. The summed E-state index contributed by atoms with van der Waals surface area (Å²) in [7, 11) is -3.18. The molecule has 1 aliphatic heterocycles. The van der Waals surface area contributed by atoms with Crippen molar-refractivity contribution in [3.63, 3.8) is 0 Å². The molecular formula is C12H13F3N2O4S. The smallest absolute Gasteiger partial charge is 0.351 e. The number of rotatable bonds is 3. The molecule has 1 saturated heterocycles. The zero-order valence-corrected chi connectivity index (χ0v) is 12.1. The first-order chi connectivity index (χ1) is 10.1. The minimum absolute atomic E-state index is 0.0402. The van der Waals surface area contributed by atoms with Crippen LogP contribution in [-0.2, 0) is 27.4 Å². The molecule has 1 amide bonds. The molecule has 1 aliphatic rings. The van der Waals surface area contributed by atoms with Crippen molar-refractivity contribution < 1.29 is 26.4 Å². The first-order valence-corrected chi connectivity index (χ1v) is 8.17. The van der Waals surface area contributed by atoms with Gasteiger partial charge in [-0.3, -0.25) is 9.59 Å². The molecule has 0 radical (unpaired) electrons. The normalized spacial score (nSPS) is 20.8. The monoisotopic (exact) mass is 338 g/mol. The zero-order valence-electron chi connectivity index (χ0n) is 11.3. The van der Waals surface area contributed by atoms with Gasteiger partial charge in [-0.05, 0) is 18.6 Å². The molecule has 0 bridgehead atoms. The van der Waals surface area contributed by atoms with Crippen LogP contribution in [0.1, 0.15) is 12.0 Å². The summed E-state index contributed by atoms with van der Waals surface area (Å²) < 4.78 is 61.0. The molecular weight excluding hydrogens is 325 g/mol. The molecule has 10 heteroatoms. The van der Waals surface area contributed by atoms with E-state index in [4.69, 9.17) is 0 Å². The van der Waals surface area contributed by atoms with Crippen LogP contribution in [0.2, 0.25) is 0 Å². The van der Waals surface area contributed by atoms with Crippen LogP contribution in [-0.4, -0.2) is 36.4 Å². The number of hydrogen-bond acceptors (Lipinski definition) is 4. The Labute approximate surface area is 123 Å². The Morgan fingerprint density at radius 3 is 2.64 bits per heavy atom. The fourth-order valence-electron chi connectivity index (χ4n) is 2.21. The molecule has 1 atom stereocenters. The predicted octanol–water partition coefficient (Wildman–Crippen LogP) is 0.170. The highest BCUT2D eigenvalue weighted by atomic mass is 32.2. The minimum atomic E-state index is -4.80. The molecule has 6 nitrogen and oxygen atoms in total. The maximum absolute atomic E-state index is 12.6. The van der Waals surface area contributed by atoms with E-state index in [1.54, 1.807) is 0 Å². The topological polar surface area (TPSA) is 85.2 Å². The molecule has 2 heterocycles. The van der Waals surface area contributed by atoms with Crippen LogP contribution in [0.15, 0.2) is 23.1 Å². The van der Waals surface area contributed by atoms with E-state index in [0.717, 1.165) is 12.3 Å². The van der Waals surface area contributed by atoms with Gasteiger partial charge in [0.25, 0.3) is 5.56 Å². The van der Waals surface area contributed by atoms with Crippen LogP contribution in [0.5, 0.6) is 0 Å². The Kier molecular flexibility index (Phi) is 4.32. The van der Waals surface area contributed by atoms with Crippen LogP contribution >= 0.6 is 0 Å². The Hall–Kier alpha value is -1.84. The number of carbonyl (C=O) groups excluding carboxylic acids is 1. The molecule has 1 aromatic rings. The van der Waals surface area contributed by atoms with Gasteiger partial charge >= 0.3 is 6.18 Å². The third-order valence-electron chi connectivity index (χ3n) is 3.24. The van der Waals surface area contributed by atoms with Gasteiger partial charge in [0.2, 0.25) is 5.91 Å². The number of nitrogens with one attached hydrogen (secondary N) is 1. The first-order valence-electron chi connectivity index (χ1n) is 6.35. The van der Waals surface area contributed by atoms with Gasteiger partial charge < -0.3 is 9.88 Å². The Bertz CT molecular complexity index is 739. The van der Waals surface area contributed by atoms with E-state index in [2.05, 4.69) is 5.32 Å². The van der Waals surface area contributed by atoms with E-state index in [-0.39, 0.29) is 17.9 Å². The van der Waals surface area contributed by atoms with Crippen molar-refractivity contribution in [3.05, 3.63) is 34.2 Å². The number of carbonyl (C=O) groups is 1. The molecule has 1 N–H and O–H groups in total. The second-order valence-corrected chi connectivity index (χ2v) is 7.25. The fourth-order valence-corrected chi connectivity index (χ4v) is 3.89. The predicted molar refractivity (Wildman–Crippen MR) is 70.9 cm³/mol. The summed E-state index contributed by atoms with van der Waals surface area (Å²) in [5.41, 5.74) is -2.67. The molecule has 0 unspecified atom stereocenters. The van der Waals surface area contributed by atoms with E-state index in [0.29, 0.717) is 10.6 Å². The third-order valence-corrected chi connectivity index (χ3v) is 5.01. The lowest BCUT2D eigenvalue weighted by molar-refractivity contribution is -0.139. The Morgan fingerprint density at radius 1 is 1.41 bits per heavy atom. The second-order valence-electron chi connectivity index (χ2n) is 5.02. The van der Waals surface area contributed by atoms with Gasteiger partial charge in [-0.25, -0.2) is 8.42 Å². The molecule has 0 saturated carbocycles. The SMILES string of the molecule is O=C(Cn1cccc(C(F)(F)F)c1=O)N[C@@H]1CCS(=O)(=O)C1. The van der Waals surface area contributed by atoms with Crippen molar-refractivity contribution in [2.24, 2.45) is 0 Å². The molecule has 0 aliphatic carbocycles. The summed E-state index contributed by atoms with van der Waals surface area (Å²) in [6.07, 6.45) is -3.47. The van der Waals surface area contributed by atoms with Gasteiger partial charge in [-0.1, -0.05) is 0 Å². The number of alkyl halides is 3. The van der Waals surface area contributed by atoms with Crippen molar-refractivity contribution >= 4 is 15.7 Å². The summed E-state index contributed by atoms with van der Waals surface area (Å²) in [6.45, 7) is -0.598. The van der Waals surface area contributed by atoms with Gasteiger partial charge in [0.1, 0.15) is 12.1 Å². The lowest BCUT2D eigenvalue weighted by Gasteiger charge is -2.13. The van der Waals surface area contributed by atoms with Crippen molar-refractivity contribution in [1.82, 2.24) is 9.88 Å². The summed E-state index contributed by atoms with van der Waals surface area (Å²) in [4.78, 5) is 23.4. The summed E-state index contributed by atoms with van der Waals surface area (Å²) in [5, 5.41) is 2.41. The van der Waals surface area contributed by atoms with Crippen LogP contribution in [0, 0.1) is 0 Å². The molecule has 1 fully saturated rings. The van der Waals surface area contributed by atoms with Gasteiger partial charge in [-0.2, -0.15) is 13.2 Å². The molecule has 22 heavy (non-hydrogen) atoms. The van der Waals surface area contributed by atoms with E-state index >= 15 is 0 Å². The number of halogens is 3. The molecule has 122 valence electrons. The summed E-state index contributed by atoms with van der Waals surface area (Å²) >= 11 is 0. The average molecular weight is 338 g/mol.